The number of aliphatic carboxylic acids is 1. The van der Waals surface area contributed by atoms with Crippen molar-refractivity contribution >= 4 is 29.5 Å². The highest BCUT2D eigenvalue weighted by atomic mass is 32.2. The average Bonchev–Trinajstić information content (AvgIpc) is 3.02. The molecule has 0 spiro atoms. The van der Waals surface area contributed by atoms with E-state index in [1.807, 2.05) is 30.3 Å². The second kappa shape index (κ2) is 7.25. The molecule has 0 saturated carbocycles. The quantitative estimate of drug-likeness (QED) is 0.836. The molecule has 2 aliphatic rings. The van der Waals surface area contributed by atoms with E-state index in [0.717, 1.165) is 5.56 Å². The van der Waals surface area contributed by atoms with Crippen LogP contribution in [0, 0.1) is 0 Å². The van der Waals surface area contributed by atoms with Crippen LogP contribution in [0.1, 0.15) is 24.8 Å². The van der Waals surface area contributed by atoms with Crippen LogP contribution < -0.4 is 5.32 Å². The van der Waals surface area contributed by atoms with E-state index in [2.05, 4.69) is 5.32 Å². The van der Waals surface area contributed by atoms with Gasteiger partial charge in [0.2, 0.25) is 11.8 Å². The first-order valence-corrected chi connectivity index (χ1v) is 9.11. The molecule has 0 aliphatic carbocycles. The van der Waals surface area contributed by atoms with Crippen molar-refractivity contribution in [2.75, 3.05) is 5.75 Å². The van der Waals surface area contributed by atoms with Crippen molar-refractivity contribution in [2.24, 2.45) is 0 Å². The van der Waals surface area contributed by atoms with Gasteiger partial charge in [-0.15, -0.1) is 11.8 Å². The van der Waals surface area contributed by atoms with Crippen LogP contribution in [0.5, 0.6) is 0 Å². The number of nitrogens with one attached hydrogen (secondary N) is 1. The van der Waals surface area contributed by atoms with Crippen LogP contribution in [0.4, 0.5) is 0 Å². The molecular weight excluding hydrogens is 328 g/mol. The third-order valence-corrected chi connectivity index (χ3v) is 5.81. The first-order chi connectivity index (χ1) is 11.6. The van der Waals surface area contributed by atoms with Gasteiger partial charge in [0.25, 0.3) is 0 Å². The van der Waals surface area contributed by atoms with Gasteiger partial charge < -0.3 is 15.3 Å². The molecule has 1 aromatic carbocycles. The zero-order valence-electron chi connectivity index (χ0n) is 13.2. The lowest BCUT2D eigenvalue weighted by Crippen LogP contribution is -2.57. The van der Waals surface area contributed by atoms with Gasteiger partial charge in [0.1, 0.15) is 12.1 Å². The van der Waals surface area contributed by atoms with Crippen molar-refractivity contribution < 1.29 is 19.5 Å². The van der Waals surface area contributed by atoms with Crippen molar-refractivity contribution in [1.82, 2.24) is 10.2 Å². The minimum absolute atomic E-state index is 0.0731. The number of hydrogen-bond acceptors (Lipinski definition) is 4. The highest BCUT2D eigenvalue weighted by Gasteiger charge is 2.46. The van der Waals surface area contributed by atoms with E-state index in [9.17, 15) is 19.5 Å². The summed E-state index contributed by atoms with van der Waals surface area (Å²) in [4.78, 5) is 37.4. The third-order valence-electron chi connectivity index (χ3n) is 4.45. The lowest BCUT2D eigenvalue weighted by atomic mass is 10.0. The number of piperidine rings is 1. The Kier molecular flexibility index (Phi) is 5.08. The fourth-order valence-corrected chi connectivity index (χ4v) is 4.61. The molecule has 1 aromatic rings. The molecule has 6 nitrogen and oxygen atoms in total. The van der Waals surface area contributed by atoms with Crippen molar-refractivity contribution in [1.29, 1.82) is 0 Å². The summed E-state index contributed by atoms with van der Waals surface area (Å²) in [5.74, 6) is -0.999. The summed E-state index contributed by atoms with van der Waals surface area (Å²) in [5.41, 5.74) is 1.07. The van der Waals surface area contributed by atoms with Crippen LogP contribution in [-0.2, 0) is 20.8 Å². The van der Waals surface area contributed by atoms with Crippen LogP contribution in [0.25, 0.3) is 0 Å². The number of benzene rings is 1. The molecule has 2 heterocycles. The number of rotatable bonds is 5. The minimum atomic E-state index is -0.977. The average molecular weight is 348 g/mol. The highest BCUT2D eigenvalue weighted by Crippen LogP contribution is 2.36. The molecule has 0 radical (unpaired) electrons. The summed E-state index contributed by atoms with van der Waals surface area (Å²) in [6.07, 6.45) is 2.21. The van der Waals surface area contributed by atoms with Crippen molar-refractivity contribution in [3.05, 3.63) is 35.9 Å². The number of carbonyl (C=O) groups is 3. The van der Waals surface area contributed by atoms with Gasteiger partial charge in [0.15, 0.2) is 0 Å². The van der Waals surface area contributed by atoms with E-state index < -0.39 is 18.1 Å². The number of carbonyl (C=O) groups excluding carboxylic acids is 2. The summed E-state index contributed by atoms with van der Waals surface area (Å²) >= 11 is 1.51. The van der Waals surface area contributed by atoms with E-state index in [4.69, 9.17) is 0 Å². The first-order valence-electron chi connectivity index (χ1n) is 8.06. The summed E-state index contributed by atoms with van der Waals surface area (Å²) in [7, 11) is 0. The lowest BCUT2D eigenvalue weighted by molar-refractivity contribution is -0.152. The smallest absolute Gasteiger partial charge is 0.327 e. The van der Waals surface area contributed by atoms with Crippen LogP contribution in [-0.4, -0.2) is 51.0 Å². The SMILES string of the molecule is O=C(CCc1ccccc1)NC1CCC2SCC(C(=O)O)N2C1=O. The van der Waals surface area contributed by atoms with E-state index >= 15 is 0 Å². The molecule has 3 unspecified atom stereocenters. The maximum Gasteiger partial charge on any atom is 0.327 e. The molecule has 128 valence electrons. The summed E-state index contributed by atoms with van der Waals surface area (Å²) in [5, 5.41) is 12.0. The Bertz CT molecular complexity index is 637. The molecule has 2 aliphatic heterocycles. The van der Waals surface area contributed by atoms with Gasteiger partial charge >= 0.3 is 5.97 Å². The van der Waals surface area contributed by atoms with Gasteiger partial charge in [0, 0.05) is 12.2 Å². The van der Waals surface area contributed by atoms with Gasteiger partial charge in [0.05, 0.1) is 5.37 Å². The largest absolute Gasteiger partial charge is 0.480 e. The maximum atomic E-state index is 12.6. The number of carboxylic acid groups (broad SMARTS) is 1. The van der Waals surface area contributed by atoms with Crippen LogP contribution in [0.3, 0.4) is 0 Å². The number of aryl methyl sites for hydroxylation is 1. The standard InChI is InChI=1S/C17H20N2O4S/c20-14(8-6-11-4-2-1-3-5-11)18-12-7-9-15-19(16(12)21)13(10-24-15)17(22)23/h1-5,12-13,15H,6-10H2,(H,18,20)(H,22,23). The van der Waals surface area contributed by atoms with Gasteiger partial charge in [-0.2, -0.15) is 0 Å². The summed E-state index contributed by atoms with van der Waals surface area (Å²) < 4.78 is 0. The monoisotopic (exact) mass is 348 g/mol. The Morgan fingerprint density at radius 1 is 1.25 bits per heavy atom. The Labute approximate surface area is 144 Å². The Morgan fingerprint density at radius 2 is 2.00 bits per heavy atom. The molecule has 2 saturated heterocycles. The molecular formula is C17H20N2O4S. The third kappa shape index (κ3) is 3.56. The van der Waals surface area contributed by atoms with Crippen LogP contribution >= 0.6 is 11.8 Å². The van der Waals surface area contributed by atoms with E-state index in [-0.39, 0.29) is 17.2 Å². The number of thioether (sulfide) groups is 1. The first kappa shape index (κ1) is 16.8. The lowest BCUT2D eigenvalue weighted by Gasteiger charge is -2.36. The number of nitrogens with zero attached hydrogens (tertiary/aromatic N) is 1. The minimum Gasteiger partial charge on any atom is -0.480 e. The zero-order chi connectivity index (χ0) is 17.1. The molecule has 3 rings (SSSR count). The van der Waals surface area contributed by atoms with Crippen molar-refractivity contribution in [3.63, 3.8) is 0 Å². The zero-order valence-corrected chi connectivity index (χ0v) is 14.0. The van der Waals surface area contributed by atoms with Gasteiger partial charge in [-0.25, -0.2) is 4.79 Å². The molecule has 0 aromatic heterocycles. The Morgan fingerprint density at radius 3 is 2.71 bits per heavy atom. The van der Waals surface area contributed by atoms with E-state index in [1.165, 1.54) is 16.7 Å². The van der Waals surface area contributed by atoms with E-state index in [1.54, 1.807) is 0 Å². The fraction of sp³-hybridized carbons (Fsp3) is 0.471. The van der Waals surface area contributed by atoms with Crippen LogP contribution in [0.15, 0.2) is 30.3 Å². The van der Waals surface area contributed by atoms with Gasteiger partial charge in [-0.3, -0.25) is 9.59 Å². The molecule has 7 heteroatoms. The van der Waals surface area contributed by atoms with Gasteiger partial charge in [-0.1, -0.05) is 30.3 Å². The Hall–Kier alpha value is -2.02. The fourth-order valence-electron chi connectivity index (χ4n) is 3.19. The molecule has 0 bridgehead atoms. The predicted molar refractivity (Wildman–Crippen MR) is 90.4 cm³/mol. The van der Waals surface area contributed by atoms with Crippen molar-refractivity contribution in [2.45, 2.75) is 43.1 Å². The number of hydrogen-bond donors (Lipinski definition) is 2. The van der Waals surface area contributed by atoms with Crippen LogP contribution in [0.2, 0.25) is 0 Å². The van der Waals surface area contributed by atoms with Crippen molar-refractivity contribution in [3.8, 4) is 0 Å². The maximum absolute atomic E-state index is 12.6. The van der Waals surface area contributed by atoms with E-state index in [0.29, 0.717) is 31.4 Å². The molecule has 2 fully saturated rings. The number of fused-ring (bicyclic) bond motifs is 1. The molecule has 2 N–H and O–H groups in total. The molecule has 24 heavy (non-hydrogen) atoms. The normalized spacial score (nSPS) is 26.1. The second-order valence-electron chi connectivity index (χ2n) is 6.07. The topological polar surface area (TPSA) is 86.7 Å². The van der Waals surface area contributed by atoms with Gasteiger partial charge in [-0.05, 0) is 24.8 Å². The Balaban J connectivity index is 1.56. The molecule has 2 amide bonds. The number of amides is 2. The highest BCUT2D eigenvalue weighted by molar-refractivity contribution is 8.00. The predicted octanol–water partition coefficient (Wildman–Crippen LogP) is 1.25. The second-order valence-corrected chi connectivity index (χ2v) is 7.28. The number of carboxylic acids is 1. The molecule has 3 atom stereocenters. The summed E-state index contributed by atoms with van der Waals surface area (Å²) in [6.45, 7) is 0. The summed E-state index contributed by atoms with van der Waals surface area (Å²) in [6, 6.07) is 8.31.